The molecule has 2 aromatic heterocycles. The van der Waals surface area contributed by atoms with E-state index in [4.69, 9.17) is 4.74 Å². The Kier molecular flexibility index (Phi) is 2.64. The lowest BCUT2D eigenvalue weighted by molar-refractivity contribution is -0.122. The lowest BCUT2D eigenvalue weighted by Gasteiger charge is -2.10. The van der Waals surface area contributed by atoms with E-state index in [-0.39, 0.29) is 5.91 Å². The smallest absolute Gasteiger partial charge is 0.266 e. The largest absolute Gasteiger partial charge is 0.480 e. The number of benzene rings is 1. The van der Waals surface area contributed by atoms with E-state index in [1.165, 1.54) is 0 Å². The first-order valence-electron chi connectivity index (χ1n) is 6.78. The van der Waals surface area contributed by atoms with Crippen LogP contribution in [0.25, 0.3) is 10.9 Å². The monoisotopic (exact) mass is 279 g/mol. The first-order valence-corrected chi connectivity index (χ1v) is 6.78. The Bertz CT molecular complexity index is 800. The van der Waals surface area contributed by atoms with Gasteiger partial charge < -0.3 is 15.0 Å². The van der Waals surface area contributed by atoms with Crippen molar-refractivity contribution >= 4 is 22.6 Å². The molecule has 1 amide bonds. The Morgan fingerprint density at radius 3 is 3.14 bits per heavy atom. The van der Waals surface area contributed by atoms with Gasteiger partial charge >= 0.3 is 0 Å². The van der Waals surface area contributed by atoms with Crippen molar-refractivity contribution in [2.45, 2.75) is 12.5 Å². The summed E-state index contributed by atoms with van der Waals surface area (Å²) in [5, 5.41) is 3.82. The molecule has 0 fully saturated rings. The molecule has 1 aliphatic rings. The molecule has 3 heterocycles. The minimum atomic E-state index is -0.494. The summed E-state index contributed by atoms with van der Waals surface area (Å²) in [5.74, 6) is 1.15. The number of aromatic nitrogens is 2. The first kappa shape index (κ1) is 12.0. The number of amides is 1. The zero-order valence-electron chi connectivity index (χ0n) is 11.2. The molecule has 0 saturated heterocycles. The van der Waals surface area contributed by atoms with Crippen LogP contribution in [0.3, 0.4) is 0 Å². The molecule has 21 heavy (non-hydrogen) atoms. The van der Waals surface area contributed by atoms with E-state index < -0.39 is 6.10 Å². The highest BCUT2D eigenvalue weighted by Crippen LogP contribution is 2.28. The van der Waals surface area contributed by atoms with Gasteiger partial charge in [-0.2, -0.15) is 0 Å². The van der Waals surface area contributed by atoms with Crippen molar-refractivity contribution in [1.29, 1.82) is 0 Å². The van der Waals surface area contributed by atoms with Crippen LogP contribution in [-0.4, -0.2) is 22.0 Å². The fourth-order valence-corrected chi connectivity index (χ4v) is 2.55. The molecule has 0 bridgehead atoms. The summed E-state index contributed by atoms with van der Waals surface area (Å²) >= 11 is 0. The standard InChI is InChI=1S/C16H13N3O2/c20-16(14-7-11-3-1-2-4-13(11)21-14)19-15-8-10-5-6-17-12(10)9-18-15/h1-6,8-9,14,17H,7H2,(H,18,19,20). The fourth-order valence-electron chi connectivity index (χ4n) is 2.55. The number of aromatic amines is 1. The third kappa shape index (κ3) is 2.12. The summed E-state index contributed by atoms with van der Waals surface area (Å²) in [4.78, 5) is 19.6. The molecule has 4 rings (SSSR count). The zero-order chi connectivity index (χ0) is 14.2. The molecule has 1 aromatic carbocycles. The molecule has 1 unspecified atom stereocenters. The number of rotatable bonds is 2. The molecule has 1 aliphatic heterocycles. The number of pyridine rings is 1. The van der Waals surface area contributed by atoms with Crippen LogP contribution in [0.1, 0.15) is 5.56 Å². The van der Waals surface area contributed by atoms with Crippen molar-refractivity contribution in [2.24, 2.45) is 0 Å². The summed E-state index contributed by atoms with van der Waals surface area (Å²) in [6.45, 7) is 0. The van der Waals surface area contributed by atoms with Crippen molar-refractivity contribution in [3.8, 4) is 5.75 Å². The Hall–Kier alpha value is -2.82. The highest BCUT2D eigenvalue weighted by molar-refractivity contribution is 5.95. The van der Waals surface area contributed by atoms with Gasteiger partial charge in [0.15, 0.2) is 6.10 Å². The van der Waals surface area contributed by atoms with Gasteiger partial charge in [-0.3, -0.25) is 4.79 Å². The number of H-pyrrole nitrogens is 1. The molecule has 5 heteroatoms. The molecule has 0 saturated carbocycles. The van der Waals surface area contributed by atoms with Gasteiger partial charge in [-0.15, -0.1) is 0 Å². The second-order valence-corrected chi connectivity index (χ2v) is 5.04. The zero-order valence-corrected chi connectivity index (χ0v) is 11.2. The highest BCUT2D eigenvalue weighted by Gasteiger charge is 2.28. The Morgan fingerprint density at radius 2 is 2.24 bits per heavy atom. The summed E-state index contributed by atoms with van der Waals surface area (Å²) in [6, 6.07) is 11.5. The fraction of sp³-hybridized carbons (Fsp3) is 0.125. The van der Waals surface area contributed by atoms with Gasteiger partial charge in [0, 0.05) is 18.0 Å². The lowest BCUT2D eigenvalue weighted by atomic mass is 10.1. The maximum atomic E-state index is 12.3. The van der Waals surface area contributed by atoms with Crippen LogP contribution in [0.4, 0.5) is 5.82 Å². The van der Waals surface area contributed by atoms with E-state index in [9.17, 15) is 4.79 Å². The summed E-state index contributed by atoms with van der Waals surface area (Å²) in [7, 11) is 0. The van der Waals surface area contributed by atoms with E-state index in [0.29, 0.717) is 12.2 Å². The number of hydrogen-bond donors (Lipinski definition) is 2. The van der Waals surface area contributed by atoms with Crippen molar-refractivity contribution in [3.05, 3.63) is 54.4 Å². The number of nitrogens with zero attached hydrogens (tertiary/aromatic N) is 1. The number of anilines is 1. The van der Waals surface area contributed by atoms with Gasteiger partial charge in [0.25, 0.3) is 5.91 Å². The minimum Gasteiger partial charge on any atom is -0.480 e. The van der Waals surface area contributed by atoms with E-state index in [1.54, 1.807) is 6.20 Å². The van der Waals surface area contributed by atoms with Crippen molar-refractivity contribution in [3.63, 3.8) is 0 Å². The Morgan fingerprint density at radius 1 is 1.33 bits per heavy atom. The molecular weight excluding hydrogens is 266 g/mol. The quantitative estimate of drug-likeness (QED) is 0.757. The van der Waals surface area contributed by atoms with E-state index in [1.807, 2.05) is 42.6 Å². The normalized spacial score (nSPS) is 16.5. The van der Waals surface area contributed by atoms with Crippen molar-refractivity contribution < 1.29 is 9.53 Å². The van der Waals surface area contributed by atoms with Crippen LogP contribution in [-0.2, 0) is 11.2 Å². The van der Waals surface area contributed by atoms with Crippen molar-refractivity contribution in [2.75, 3.05) is 5.32 Å². The first-order chi connectivity index (χ1) is 10.3. The number of ether oxygens (including phenoxy) is 1. The molecule has 0 spiro atoms. The van der Waals surface area contributed by atoms with Gasteiger partial charge in [0.2, 0.25) is 0 Å². The molecule has 0 radical (unpaired) electrons. The predicted molar refractivity (Wildman–Crippen MR) is 79.3 cm³/mol. The number of hydrogen-bond acceptors (Lipinski definition) is 3. The highest BCUT2D eigenvalue weighted by atomic mass is 16.5. The maximum absolute atomic E-state index is 12.3. The summed E-state index contributed by atoms with van der Waals surface area (Å²) in [5.41, 5.74) is 2.00. The number of para-hydroxylation sites is 1. The number of fused-ring (bicyclic) bond motifs is 2. The molecule has 3 aromatic rings. The van der Waals surface area contributed by atoms with Gasteiger partial charge in [0.1, 0.15) is 11.6 Å². The number of carbonyl (C=O) groups is 1. The predicted octanol–water partition coefficient (Wildman–Crippen LogP) is 2.51. The van der Waals surface area contributed by atoms with Crippen LogP contribution in [0, 0.1) is 0 Å². The third-order valence-electron chi connectivity index (χ3n) is 3.63. The molecular formula is C16H13N3O2. The van der Waals surface area contributed by atoms with Gasteiger partial charge in [-0.05, 0) is 23.8 Å². The van der Waals surface area contributed by atoms with Crippen LogP contribution in [0.2, 0.25) is 0 Å². The topological polar surface area (TPSA) is 67.0 Å². The summed E-state index contributed by atoms with van der Waals surface area (Å²) < 4.78 is 5.67. The number of carbonyl (C=O) groups excluding carboxylic acids is 1. The second kappa shape index (κ2) is 4.63. The van der Waals surface area contributed by atoms with Gasteiger partial charge in [0.05, 0.1) is 11.7 Å². The Balaban J connectivity index is 1.51. The van der Waals surface area contributed by atoms with Crippen LogP contribution in [0.15, 0.2) is 48.8 Å². The van der Waals surface area contributed by atoms with Gasteiger partial charge in [-0.25, -0.2) is 4.98 Å². The Labute approximate surface area is 121 Å². The minimum absolute atomic E-state index is 0.173. The van der Waals surface area contributed by atoms with E-state index in [0.717, 1.165) is 22.2 Å². The molecule has 104 valence electrons. The van der Waals surface area contributed by atoms with E-state index >= 15 is 0 Å². The SMILES string of the molecule is O=C(Nc1cc2cc[nH]c2cn1)C1Cc2ccccc2O1. The molecule has 1 atom stereocenters. The molecule has 0 aliphatic carbocycles. The lowest BCUT2D eigenvalue weighted by Crippen LogP contribution is -2.31. The number of nitrogens with one attached hydrogen (secondary N) is 2. The molecule has 5 nitrogen and oxygen atoms in total. The van der Waals surface area contributed by atoms with Crippen LogP contribution >= 0.6 is 0 Å². The second-order valence-electron chi connectivity index (χ2n) is 5.04. The van der Waals surface area contributed by atoms with Gasteiger partial charge in [-0.1, -0.05) is 18.2 Å². The molecule has 2 N–H and O–H groups in total. The van der Waals surface area contributed by atoms with E-state index in [2.05, 4.69) is 15.3 Å². The third-order valence-corrected chi connectivity index (χ3v) is 3.63. The average molecular weight is 279 g/mol. The van der Waals surface area contributed by atoms with Crippen LogP contribution < -0.4 is 10.1 Å². The average Bonchev–Trinajstić information content (AvgIpc) is 3.13. The maximum Gasteiger partial charge on any atom is 0.266 e. The van der Waals surface area contributed by atoms with Crippen LogP contribution in [0.5, 0.6) is 5.75 Å². The van der Waals surface area contributed by atoms with Crippen molar-refractivity contribution in [1.82, 2.24) is 9.97 Å². The summed E-state index contributed by atoms with van der Waals surface area (Å²) in [6.07, 6.45) is 3.64.